The first kappa shape index (κ1) is 13.6. The van der Waals surface area contributed by atoms with Crippen molar-refractivity contribution in [3.05, 3.63) is 35.9 Å². The summed E-state index contributed by atoms with van der Waals surface area (Å²) in [5, 5.41) is 0. The lowest BCUT2D eigenvalue weighted by Gasteiger charge is -2.39. The van der Waals surface area contributed by atoms with Crippen molar-refractivity contribution >= 4 is 0 Å². The van der Waals surface area contributed by atoms with Crippen molar-refractivity contribution in [3.63, 3.8) is 0 Å². The first-order valence-corrected chi connectivity index (χ1v) is 7.13. The van der Waals surface area contributed by atoms with Crippen molar-refractivity contribution in [1.29, 1.82) is 0 Å². The molecule has 1 aliphatic heterocycles. The summed E-state index contributed by atoms with van der Waals surface area (Å²) in [5.74, 6) is 0.918. The molecular weight excluding hydrogens is 222 g/mol. The van der Waals surface area contributed by atoms with Crippen LogP contribution in [0.15, 0.2) is 30.3 Å². The van der Waals surface area contributed by atoms with Crippen LogP contribution in [0.2, 0.25) is 0 Å². The van der Waals surface area contributed by atoms with E-state index in [1.807, 2.05) is 6.07 Å². The molecule has 0 aliphatic carbocycles. The molecule has 1 aromatic rings. The van der Waals surface area contributed by atoms with E-state index in [9.17, 15) is 0 Å². The lowest BCUT2D eigenvalue weighted by Crippen LogP contribution is -2.51. The van der Waals surface area contributed by atoms with Crippen molar-refractivity contribution < 1.29 is 9.22 Å². The maximum absolute atomic E-state index is 5.80. The number of rotatable bonds is 5. The van der Waals surface area contributed by atoms with Crippen LogP contribution in [0.3, 0.4) is 0 Å². The molecule has 18 heavy (non-hydrogen) atoms. The van der Waals surface area contributed by atoms with Crippen LogP contribution in [0.4, 0.5) is 0 Å². The molecular formula is C16H26NO+. The highest BCUT2D eigenvalue weighted by Crippen LogP contribution is 2.21. The molecule has 0 radical (unpaired) electrons. The van der Waals surface area contributed by atoms with Crippen LogP contribution in [-0.4, -0.2) is 37.8 Å². The third-order valence-electron chi connectivity index (χ3n) is 4.21. The van der Waals surface area contributed by atoms with Gasteiger partial charge in [0.2, 0.25) is 0 Å². The van der Waals surface area contributed by atoms with Gasteiger partial charge >= 0.3 is 0 Å². The largest absolute Gasteiger partial charge is 0.371 e. The van der Waals surface area contributed by atoms with Crippen molar-refractivity contribution in [1.82, 2.24) is 0 Å². The second-order valence-electron chi connectivity index (χ2n) is 6.01. The number of hydrogen-bond donors (Lipinski definition) is 0. The summed E-state index contributed by atoms with van der Waals surface area (Å²) in [6, 6.07) is 10.4. The molecule has 0 spiro atoms. The van der Waals surface area contributed by atoms with Gasteiger partial charge in [-0.1, -0.05) is 37.3 Å². The molecule has 0 N–H and O–H groups in total. The Hall–Kier alpha value is -0.860. The maximum Gasteiger partial charge on any atom is 0.102 e. The minimum atomic E-state index is 0.747. The predicted octanol–water partition coefficient (Wildman–Crippen LogP) is 3.08. The fraction of sp³-hybridized carbons (Fsp3) is 0.625. The number of quaternary nitrogens is 1. The maximum atomic E-state index is 5.80. The lowest BCUT2D eigenvalue weighted by atomic mass is 9.97. The smallest absolute Gasteiger partial charge is 0.102 e. The van der Waals surface area contributed by atoms with Gasteiger partial charge in [-0.05, 0) is 24.3 Å². The molecule has 0 saturated carbocycles. The Balaban J connectivity index is 1.66. The van der Waals surface area contributed by atoms with E-state index in [2.05, 4.69) is 38.2 Å². The van der Waals surface area contributed by atoms with Gasteiger partial charge in [0.25, 0.3) is 0 Å². The molecule has 0 atom stereocenters. The Kier molecular flexibility index (Phi) is 4.79. The van der Waals surface area contributed by atoms with E-state index in [1.165, 1.54) is 36.0 Å². The second kappa shape index (κ2) is 6.35. The van der Waals surface area contributed by atoms with Gasteiger partial charge < -0.3 is 9.22 Å². The molecule has 2 rings (SSSR count). The van der Waals surface area contributed by atoms with Gasteiger partial charge in [0.15, 0.2) is 0 Å². The Morgan fingerprint density at radius 2 is 1.83 bits per heavy atom. The number of hydrogen-bond acceptors (Lipinski definition) is 1. The molecule has 1 heterocycles. The van der Waals surface area contributed by atoms with Crippen LogP contribution in [0, 0.1) is 5.92 Å². The van der Waals surface area contributed by atoms with Gasteiger partial charge in [0.05, 0.1) is 33.4 Å². The normalized spacial score (nSPS) is 28.2. The molecule has 0 amide bonds. The fourth-order valence-electron chi connectivity index (χ4n) is 2.59. The third kappa shape index (κ3) is 4.11. The molecule has 0 aromatic heterocycles. The summed E-state index contributed by atoms with van der Waals surface area (Å²) in [4.78, 5) is 0. The number of ether oxygens (including phenoxy) is 1. The lowest BCUT2D eigenvalue weighted by molar-refractivity contribution is -0.915. The number of benzene rings is 1. The average Bonchev–Trinajstić information content (AvgIpc) is 2.40. The minimum Gasteiger partial charge on any atom is -0.371 e. The van der Waals surface area contributed by atoms with Gasteiger partial charge in [-0.15, -0.1) is 0 Å². The van der Waals surface area contributed by atoms with E-state index in [0.29, 0.717) is 0 Å². The molecule has 1 aromatic carbocycles. The number of likely N-dealkylation sites (tertiary alicyclic amines) is 1. The van der Waals surface area contributed by atoms with E-state index in [-0.39, 0.29) is 0 Å². The summed E-state index contributed by atoms with van der Waals surface area (Å²) < 4.78 is 6.99. The molecule has 1 aliphatic rings. The monoisotopic (exact) mass is 248 g/mol. The van der Waals surface area contributed by atoms with Crippen molar-refractivity contribution in [3.8, 4) is 0 Å². The molecule has 1 fully saturated rings. The Bertz CT molecular complexity index is 341. The van der Waals surface area contributed by atoms with Gasteiger partial charge in [-0.3, -0.25) is 0 Å². The SMILES string of the molecule is CC1CC[N+](C)(CCOCc2ccccc2)CC1. The minimum absolute atomic E-state index is 0.747. The summed E-state index contributed by atoms with van der Waals surface area (Å²) in [6.45, 7) is 7.78. The topological polar surface area (TPSA) is 9.23 Å². The summed E-state index contributed by atoms with van der Waals surface area (Å²) in [7, 11) is 2.37. The standard InChI is InChI=1S/C16H26NO/c1-15-8-10-17(2,11-9-15)12-13-18-14-16-6-4-3-5-7-16/h3-7,15H,8-14H2,1-2H3/q+1. The average molecular weight is 248 g/mol. The molecule has 2 nitrogen and oxygen atoms in total. The highest BCUT2D eigenvalue weighted by molar-refractivity contribution is 5.13. The van der Waals surface area contributed by atoms with Gasteiger partial charge in [0.1, 0.15) is 6.54 Å². The van der Waals surface area contributed by atoms with E-state index >= 15 is 0 Å². The van der Waals surface area contributed by atoms with Crippen molar-refractivity contribution in [2.75, 3.05) is 33.3 Å². The van der Waals surface area contributed by atoms with E-state index in [1.54, 1.807) is 0 Å². The van der Waals surface area contributed by atoms with Gasteiger partial charge in [-0.25, -0.2) is 0 Å². The van der Waals surface area contributed by atoms with Crippen molar-refractivity contribution in [2.24, 2.45) is 5.92 Å². The van der Waals surface area contributed by atoms with Gasteiger partial charge in [0, 0.05) is 0 Å². The van der Waals surface area contributed by atoms with Crippen LogP contribution in [0.5, 0.6) is 0 Å². The van der Waals surface area contributed by atoms with E-state index < -0.39 is 0 Å². The predicted molar refractivity (Wildman–Crippen MR) is 75.3 cm³/mol. The van der Waals surface area contributed by atoms with Crippen LogP contribution in [0.1, 0.15) is 25.3 Å². The second-order valence-corrected chi connectivity index (χ2v) is 6.01. The first-order chi connectivity index (χ1) is 8.68. The van der Waals surface area contributed by atoms with Crippen LogP contribution in [0.25, 0.3) is 0 Å². The summed E-state index contributed by atoms with van der Waals surface area (Å²) in [5.41, 5.74) is 1.27. The molecule has 0 bridgehead atoms. The highest BCUT2D eigenvalue weighted by atomic mass is 16.5. The number of piperidine rings is 1. The van der Waals surface area contributed by atoms with Gasteiger partial charge in [-0.2, -0.15) is 0 Å². The fourth-order valence-corrected chi connectivity index (χ4v) is 2.59. The quantitative estimate of drug-likeness (QED) is 0.575. The third-order valence-corrected chi connectivity index (χ3v) is 4.21. The summed E-state index contributed by atoms with van der Waals surface area (Å²) >= 11 is 0. The highest BCUT2D eigenvalue weighted by Gasteiger charge is 2.27. The zero-order chi connectivity index (χ0) is 12.8. The molecule has 2 heteroatoms. The molecule has 1 saturated heterocycles. The van der Waals surface area contributed by atoms with Crippen molar-refractivity contribution in [2.45, 2.75) is 26.4 Å². The zero-order valence-corrected chi connectivity index (χ0v) is 11.8. The van der Waals surface area contributed by atoms with Crippen LogP contribution < -0.4 is 0 Å². The number of likely N-dealkylation sites (N-methyl/N-ethyl adjacent to an activating group) is 1. The Labute approximate surface area is 111 Å². The van der Waals surface area contributed by atoms with Crippen LogP contribution >= 0.6 is 0 Å². The Morgan fingerprint density at radius 1 is 1.17 bits per heavy atom. The van der Waals surface area contributed by atoms with Crippen LogP contribution in [-0.2, 0) is 11.3 Å². The number of nitrogens with zero attached hydrogens (tertiary/aromatic N) is 1. The summed E-state index contributed by atoms with van der Waals surface area (Å²) in [6.07, 6.45) is 2.74. The zero-order valence-electron chi connectivity index (χ0n) is 11.8. The van der Waals surface area contributed by atoms with E-state index in [0.717, 1.165) is 25.7 Å². The molecule has 0 unspecified atom stereocenters. The van der Waals surface area contributed by atoms with E-state index in [4.69, 9.17) is 4.74 Å². The first-order valence-electron chi connectivity index (χ1n) is 7.13. The molecule has 100 valence electrons. The Morgan fingerprint density at radius 3 is 2.50 bits per heavy atom.